The number of aliphatic hydroxyl groups is 1. The van der Waals surface area contributed by atoms with Gasteiger partial charge in [-0.25, -0.2) is 22.8 Å². The summed E-state index contributed by atoms with van der Waals surface area (Å²) in [7, 11) is -7.56. The van der Waals surface area contributed by atoms with Crippen molar-refractivity contribution in [2.75, 3.05) is 65.6 Å². The number of ether oxygens (including phenoxy) is 1. The lowest BCUT2D eigenvalue weighted by Gasteiger charge is -2.22. The predicted molar refractivity (Wildman–Crippen MR) is 246 cm³/mol. The van der Waals surface area contributed by atoms with Crippen LogP contribution in [0.4, 0.5) is 11.5 Å². The van der Waals surface area contributed by atoms with Crippen LogP contribution in [0.1, 0.15) is 41.4 Å². The van der Waals surface area contributed by atoms with E-state index < -0.39 is 54.2 Å². The van der Waals surface area contributed by atoms with Gasteiger partial charge in [0.15, 0.2) is 0 Å². The number of anilines is 2. The average Bonchev–Trinajstić information content (AvgIpc) is 3.61. The molecule has 6 atom stereocenters. The highest BCUT2D eigenvalue weighted by Crippen LogP contribution is 2.65. The van der Waals surface area contributed by atoms with E-state index in [0.717, 1.165) is 47.3 Å². The second kappa shape index (κ2) is 21.0. The standard InChI is InChI=1S/C41H48N7O15P3S/c1-45(2)26-14-16-30-34(20-26)67-35-21-27(46(3)4)15-17-31(35)38(30)28-11-6-7-12-29(28)40(51)47(5)19-9-13-36(50)43-18-8-10-25-23-48(41(52)44-39(25)42)37-22-32(49)33(61-37)24-60-65(56,57)63-66(58,59)62-64(53,54)55/h6-7,11-12,14-17,20-21,23,32-33,37,49H,9,13,18-19,22,24H2,1-5H3,(H6-,42,43,44,50,52,53,54,55,56,57,58,59)/t32-,33+,37+/m0/s1. The maximum atomic E-state index is 14.1. The number of rotatable bonds is 16. The van der Waals surface area contributed by atoms with E-state index in [1.165, 1.54) is 6.20 Å². The summed E-state index contributed by atoms with van der Waals surface area (Å²) in [5.74, 6) is 4.64. The maximum absolute atomic E-state index is 14.1. The molecular formula is C41H48N7O15P3S. The Hall–Kier alpha value is -5.14. The van der Waals surface area contributed by atoms with Gasteiger partial charge in [-0.1, -0.05) is 36.1 Å². The van der Waals surface area contributed by atoms with E-state index in [-0.39, 0.29) is 49.1 Å². The summed E-state index contributed by atoms with van der Waals surface area (Å²) in [5, 5.41) is 15.2. The number of hydrogen-bond acceptors (Lipinski definition) is 16. The number of hydrogen-bond donors (Lipinski definition) is 6. The molecule has 0 bridgehead atoms. The van der Waals surface area contributed by atoms with Crippen molar-refractivity contribution in [1.29, 1.82) is 0 Å². The second-order valence-corrected chi connectivity index (χ2v) is 21.1. The van der Waals surface area contributed by atoms with Crippen molar-refractivity contribution < 1.29 is 65.8 Å². The zero-order valence-electron chi connectivity index (χ0n) is 36.7. The molecule has 2 aliphatic heterocycles. The first-order chi connectivity index (χ1) is 31.4. The Morgan fingerprint density at radius 3 is 2.48 bits per heavy atom. The van der Waals surface area contributed by atoms with Crippen molar-refractivity contribution in [3.63, 3.8) is 0 Å². The molecule has 0 radical (unpaired) electrons. The third kappa shape index (κ3) is 13.1. The van der Waals surface area contributed by atoms with Gasteiger partial charge in [-0.15, -0.1) is 11.3 Å². The van der Waals surface area contributed by atoms with Gasteiger partial charge in [-0.2, -0.15) is 9.29 Å². The Morgan fingerprint density at radius 2 is 1.78 bits per heavy atom. The van der Waals surface area contributed by atoms with Gasteiger partial charge in [-0.3, -0.25) is 23.2 Å². The van der Waals surface area contributed by atoms with E-state index in [1.807, 2.05) is 52.5 Å². The number of amides is 2. The monoisotopic (exact) mass is 1000 g/mol. The molecule has 1 aromatic heterocycles. The lowest BCUT2D eigenvalue weighted by molar-refractivity contribution is -0.212. The van der Waals surface area contributed by atoms with Crippen molar-refractivity contribution >= 4 is 68.2 Å². The van der Waals surface area contributed by atoms with Crippen LogP contribution < -0.4 is 36.5 Å². The highest BCUT2D eigenvalue weighted by molar-refractivity contribution is 7.66. The Labute approximate surface area is 387 Å². The molecule has 3 aromatic rings. The van der Waals surface area contributed by atoms with Gasteiger partial charge in [-0.05, 0) is 41.8 Å². The molecule has 1 aliphatic carbocycles. The number of benzene rings is 3. The number of phosphoric acid groups is 3. The van der Waals surface area contributed by atoms with Crippen molar-refractivity contribution in [2.24, 2.45) is 0 Å². The van der Waals surface area contributed by atoms with E-state index >= 15 is 0 Å². The number of nitrogens with two attached hydrogens (primary N) is 1. The number of fused-ring (bicyclic) bond motifs is 2. The summed E-state index contributed by atoms with van der Waals surface area (Å²) in [6.45, 7) is -0.810. The zero-order valence-corrected chi connectivity index (χ0v) is 40.2. The number of carbonyl (C=O) groups is 2. The Morgan fingerprint density at radius 1 is 1.04 bits per heavy atom. The quantitative estimate of drug-likeness (QED) is 0.0358. The maximum Gasteiger partial charge on any atom is 0.487 e. The number of phosphoric ester groups is 1. The molecule has 1 fully saturated rings. The van der Waals surface area contributed by atoms with Crippen LogP contribution in [0.5, 0.6) is 0 Å². The van der Waals surface area contributed by atoms with Crippen LogP contribution in [0.15, 0.2) is 71.7 Å². The predicted octanol–water partition coefficient (Wildman–Crippen LogP) is 2.29. The summed E-state index contributed by atoms with van der Waals surface area (Å²) in [5.41, 5.74) is 9.41. The number of nitrogens with one attached hydrogen (secondary N) is 1. The number of aromatic nitrogens is 2. The van der Waals surface area contributed by atoms with Crippen LogP contribution in [0.2, 0.25) is 0 Å². The van der Waals surface area contributed by atoms with Crippen LogP contribution >= 0.6 is 34.8 Å². The lowest BCUT2D eigenvalue weighted by atomic mass is 9.91. The summed E-state index contributed by atoms with van der Waals surface area (Å²) < 4.78 is 55.7. The van der Waals surface area contributed by atoms with Gasteiger partial charge in [0.05, 0.1) is 24.8 Å². The fourth-order valence-electron chi connectivity index (χ4n) is 7.04. The van der Waals surface area contributed by atoms with Gasteiger partial charge >= 0.3 is 21.3 Å². The molecule has 0 spiro atoms. The van der Waals surface area contributed by atoms with Gasteiger partial charge in [0.2, 0.25) is 11.3 Å². The fraction of sp³-hybridized carbons (Fsp3) is 0.341. The Bertz CT molecular complexity index is 3020. The van der Waals surface area contributed by atoms with E-state index in [4.69, 9.17) is 15.4 Å². The molecule has 3 heterocycles. The van der Waals surface area contributed by atoms with Crippen molar-refractivity contribution in [2.45, 2.75) is 37.7 Å². The first-order valence-electron chi connectivity index (χ1n) is 20.2. The summed E-state index contributed by atoms with van der Waals surface area (Å²) >= 11 is 1.70. The first kappa shape index (κ1) is 51.3. The van der Waals surface area contributed by atoms with Gasteiger partial charge in [0, 0.05) is 90.6 Å². The van der Waals surface area contributed by atoms with Gasteiger partial charge in [0.1, 0.15) is 32.2 Å². The molecule has 67 heavy (non-hydrogen) atoms. The van der Waals surface area contributed by atoms with Crippen molar-refractivity contribution in [3.05, 3.63) is 93.8 Å². The summed E-state index contributed by atoms with van der Waals surface area (Å²) in [6.07, 6.45) is -2.77. The molecule has 358 valence electrons. The summed E-state index contributed by atoms with van der Waals surface area (Å²) in [6, 6.07) is 20.2. The van der Waals surface area contributed by atoms with Gasteiger partial charge < -0.3 is 50.3 Å². The summed E-state index contributed by atoms with van der Waals surface area (Å²) in [4.78, 5) is 86.4. The lowest BCUT2D eigenvalue weighted by Crippen LogP contribution is -2.30. The van der Waals surface area contributed by atoms with Crippen LogP contribution in [-0.4, -0.2) is 113 Å². The van der Waals surface area contributed by atoms with E-state index in [9.17, 15) is 47.9 Å². The number of aliphatic hydroxyl groups excluding tert-OH is 1. The molecule has 3 unspecified atom stereocenters. The van der Waals surface area contributed by atoms with E-state index in [2.05, 4.69) is 81.2 Å². The molecule has 1 saturated heterocycles. The number of nitrogen functional groups attached to an aromatic ring is 1. The van der Waals surface area contributed by atoms with Crippen LogP contribution in [-0.2, 0) is 36.4 Å². The molecule has 2 amide bonds. The van der Waals surface area contributed by atoms with Crippen molar-refractivity contribution in [3.8, 4) is 33.4 Å². The molecule has 26 heteroatoms. The SMILES string of the molecule is CN(CCCC(=O)NCC#Cc1cn([C@H]2C[C@H](O)[C@@H](COP(=O)(O)OP(=O)(O)OP(=O)([O-])O)O2)c(=O)nc1N)C(=O)c1ccccc1-c1c2ccc(=[N+](C)C)cc-2sc2cc(N(C)C)ccc12. The third-order valence-corrected chi connectivity index (χ3v) is 15.2. The molecular weight excluding hydrogens is 955 g/mol. The highest BCUT2D eigenvalue weighted by Gasteiger charge is 2.41. The minimum Gasteiger partial charge on any atom is -0.756 e. The zero-order chi connectivity index (χ0) is 49.0. The minimum atomic E-state index is -5.86. The Balaban J connectivity index is 1.05. The van der Waals surface area contributed by atoms with Crippen LogP contribution in [0, 0.1) is 11.8 Å². The molecule has 7 N–H and O–H groups in total. The van der Waals surface area contributed by atoms with Crippen LogP contribution in [0.25, 0.3) is 31.7 Å². The van der Waals surface area contributed by atoms with Gasteiger partial charge in [0.25, 0.3) is 13.7 Å². The largest absolute Gasteiger partial charge is 0.756 e. The molecule has 2 aromatic carbocycles. The van der Waals surface area contributed by atoms with Crippen molar-refractivity contribution in [1.82, 2.24) is 24.3 Å². The minimum absolute atomic E-state index is 0.0484. The molecule has 6 rings (SSSR count). The fourth-order valence-corrected chi connectivity index (χ4v) is 11.2. The number of nitrogens with zero attached hydrogens (tertiary/aromatic N) is 5. The normalized spacial score (nSPS) is 18.6. The molecule has 3 aliphatic rings. The third-order valence-electron chi connectivity index (χ3n) is 10.3. The highest BCUT2D eigenvalue weighted by atomic mass is 32.1. The number of carbonyl (C=O) groups excluding carboxylic acids is 2. The molecule has 22 nitrogen and oxygen atoms in total. The Kier molecular flexibility index (Phi) is 16.1. The van der Waals surface area contributed by atoms with Crippen LogP contribution in [0.3, 0.4) is 0 Å². The first-order valence-corrected chi connectivity index (χ1v) is 25.5. The van der Waals surface area contributed by atoms with E-state index in [0.29, 0.717) is 12.0 Å². The average molecular weight is 1000 g/mol. The molecule has 0 saturated carbocycles. The second-order valence-electron chi connectivity index (χ2n) is 15.6. The smallest absolute Gasteiger partial charge is 0.487 e. The topological polar surface area (TPSA) is 309 Å². The van der Waals surface area contributed by atoms with E-state index in [1.54, 1.807) is 23.3 Å².